The zero-order chi connectivity index (χ0) is 20.4. The molecule has 7 heteroatoms. The van der Waals surface area contributed by atoms with Crippen molar-refractivity contribution in [1.29, 1.82) is 0 Å². The van der Waals surface area contributed by atoms with Crippen LogP contribution in [0, 0.1) is 0 Å². The first-order chi connectivity index (χ1) is 13.5. The van der Waals surface area contributed by atoms with E-state index in [2.05, 4.69) is 45.3 Å². The van der Waals surface area contributed by atoms with Crippen LogP contribution in [0.5, 0.6) is 0 Å². The standard InChI is InChI=1S/C22H31N5O.HI/c1-5-23-21(26-17(4)19-9-7-6-8-10-19)24-15-18-11-13-20(14-12-18)27-22(28)25-16(2)3;/h6-14,16-17H,5,15H2,1-4H3,(H2,23,24,26)(H2,25,27,28);1H. The molecule has 2 amide bonds. The molecule has 2 aromatic rings. The van der Waals surface area contributed by atoms with Crippen LogP contribution >= 0.6 is 24.0 Å². The Morgan fingerprint density at radius 3 is 2.21 bits per heavy atom. The van der Waals surface area contributed by atoms with Gasteiger partial charge in [-0.05, 0) is 51.0 Å². The number of carbonyl (C=O) groups excluding carboxylic acids is 1. The van der Waals surface area contributed by atoms with Crippen molar-refractivity contribution in [3.05, 3.63) is 65.7 Å². The summed E-state index contributed by atoms with van der Waals surface area (Å²) in [7, 11) is 0. The molecule has 2 rings (SSSR count). The Hall–Kier alpha value is -2.29. The molecule has 0 spiro atoms. The van der Waals surface area contributed by atoms with Gasteiger partial charge in [-0.2, -0.15) is 0 Å². The number of urea groups is 1. The van der Waals surface area contributed by atoms with Crippen molar-refractivity contribution in [3.63, 3.8) is 0 Å². The second-order valence-corrected chi connectivity index (χ2v) is 6.92. The average molecular weight is 509 g/mol. The van der Waals surface area contributed by atoms with Gasteiger partial charge in [-0.1, -0.05) is 42.5 Å². The van der Waals surface area contributed by atoms with Crippen LogP contribution in [0.4, 0.5) is 10.5 Å². The molecule has 4 N–H and O–H groups in total. The summed E-state index contributed by atoms with van der Waals surface area (Å²) < 4.78 is 0. The Bertz CT molecular complexity index is 763. The number of benzene rings is 2. The van der Waals surface area contributed by atoms with E-state index in [0.29, 0.717) is 6.54 Å². The number of rotatable bonds is 7. The summed E-state index contributed by atoms with van der Waals surface area (Å²) in [5, 5.41) is 12.3. The molecular formula is C22H32IN5O. The summed E-state index contributed by atoms with van der Waals surface area (Å²) in [5.74, 6) is 0.775. The van der Waals surface area contributed by atoms with Gasteiger partial charge in [0.1, 0.15) is 0 Å². The highest BCUT2D eigenvalue weighted by Gasteiger charge is 2.07. The maximum absolute atomic E-state index is 11.8. The van der Waals surface area contributed by atoms with E-state index in [-0.39, 0.29) is 42.1 Å². The largest absolute Gasteiger partial charge is 0.357 e. The quantitative estimate of drug-likeness (QED) is 0.249. The van der Waals surface area contributed by atoms with Gasteiger partial charge in [-0.25, -0.2) is 9.79 Å². The lowest BCUT2D eigenvalue weighted by Crippen LogP contribution is -2.38. The number of nitrogens with one attached hydrogen (secondary N) is 4. The molecule has 29 heavy (non-hydrogen) atoms. The van der Waals surface area contributed by atoms with Crippen LogP contribution in [-0.2, 0) is 6.54 Å². The number of anilines is 1. The lowest BCUT2D eigenvalue weighted by Gasteiger charge is -2.18. The van der Waals surface area contributed by atoms with Crippen LogP contribution in [0.2, 0.25) is 0 Å². The van der Waals surface area contributed by atoms with Crippen molar-refractivity contribution >= 4 is 41.7 Å². The molecule has 0 aliphatic heterocycles. The highest BCUT2D eigenvalue weighted by molar-refractivity contribution is 14.0. The highest BCUT2D eigenvalue weighted by atomic mass is 127. The van der Waals surface area contributed by atoms with E-state index >= 15 is 0 Å². The van der Waals surface area contributed by atoms with Crippen molar-refractivity contribution in [2.45, 2.75) is 46.3 Å². The van der Waals surface area contributed by atoms with E-state index in [0.717, 1.165) is 23.8 Å². The molecule has 0 aliphatic carbocycles. The van der Waals surface area contributed by atoms with Gasteiger partial charge in [0.25, 0.3) is 0 Å². The van der Waals surface area contributed by atoms with Crippen molar-refractivity contribution in [3.8, 4) is 0 Å². The van der Waals surface area contributed by atoms with Gasteiger partial charge in [0, 0.05) is 18.3 Å². The fraction of sp³-hybridized carbons (Fsp3) is 0.364. The van der Waals surface area contributed by atoms with Crippen LogP contribution < -0.4 is 21.3 Å². The summed E-state index contributed by atoms with van der Waals surface area (Å²) in [4.78, 5) is 16.4. The summed E-state index contributed by atoms with van der Waals surface area (Å²) in [6.45, 7) is 9.36. The van der Waals surface area contributed by atoms with Gasteiger partial charge in [0.2, 0.25) is 0 Å². The first-order valence-corrected chi connectivity index (χ1v) is 9.74. The monoisotopic (exact) mass is 509 g/mol. The van der Waals surface area contributed by atoms with Gasteiger partial charge >= 0.3 is 6.03 Å². The van der Waals surface area contributed by atoms with Gasteiger partial charge in [0.15, 0.2) is 5.96 Å². The number of hydrogen-bond acceptors (Lipinski definition) is 2. The fourth-order valence-corrected chi connectivity index (χ4v) is 2.64. The van der Waals surface area contributed by atoms with Crippen molar-refractivity contribution in [1.82, 2.24) is 16.0 Å². The third kappa shape index (κ3) is 9.17. The molecule has 2 aromatic carbocycles. The molecule has 6 nitrogen and oxygen atoms in total. The molecule has 0 heterocycles. The van der Waals surface area contributed by atoms with Gasteiger partial charge in [0.05, 0.1) is 12.6 Å². The second kappa shape index (κ2) is 13.0. The smallest absolute Gasteiger partial charge is 0.319 e. The molecule has 1 unspecified atom stereocenters. The average Bonchev–Trinajstić information content (AvgIpc) is 2.67. The van der Waals surface area contributed by atoms with E-state index in [4.69, 9.17) is 0 Å². The first kappa shape index (κ1) is 24.7. The second-order valence-electron chi connectivity index (χ2n) is 6.92. The molecule has 158 valence electrons. The minimum Gasteiger partial charge on any atom is -0.357 e. The zero-order valence-corrected chi connectivity index (χ0v) is 19.9. The molecule has 0 saturated carbocycles. The van der Waals surface area contributed by atoms with Gasteiger partial charge < -0.3 is 21.3 Å². The van der Waals surface area contributed by atoms with E-state index in [1.54, 1.807) is 0 Å². The van der Waals surface area contributed by atoms with Gasteiger partial charge in [-0.15, -0.1) is 24.0 Å². The number of carbonyl (C=O) groups is 1. The molecule has 0 aromatic heterocycles. The lowest BCUT2D eigenvalue weighted by atomic mass is 10.1. The fourth-order valence-electron chi connectivity index (χ4n) is 2.64. The minimum atomic E-state index is -0.200. The maximum atomic E-state index is 11.8. The molecule has 0 fully saturated rings. The normalized spacial score (nSPS) is 12.0. The van der Waals surface area contributed by atoms with Crippen LogP contribution in [0.25, 0.3) is 0 Å². The summed E-state index contributed by atoms with van der Waals surface area (Å²) in [6, 6.07) is 18.1. The molecule has 1 atom stereocenters. The molecular weight excluding hydrogens is 477 g/mol. The van der Waals surface area contributed by atoms with Crippen LogP contribution in [0.1, 0.15) is 44.9 Å². The van der Waals surface area contributed by atoms with Crippen LogP contribution in [0.15, 0.2) is 59.6 Å². The van der Waals surface area contributed by atoms with Crippen molar-refractivity contribution < 1.29 is 4.79 Å². The van der Waals surface area contributed by atoms with Crippen LogP contribution in [-0.4, -0.2) is 24.6 Å². The lowest BCUT2D eigenvalue weighted by molar-refractivity contribution is 0.250. The van der Waals surface area contributed by atoms with E-state index in [1.807, 2.05) is 63.2 Å². The SMILES string of the molecule is CCNC(=NCc1ccc(NC(=O)NC(C)C)cc1)NC(C)c1ccccc1.I. The molecule has 0 bridgehead atoms. The molecule has 0 radical (unpaired) electrons. The predicted octanol–water partition coefficient (Wildman–Crippen LogP) is 4.65. The topological polar surface area (TPSA) is 77.5 Å². The van der Waals surface area contributed by atoms with E-state index in [1.165, 1.54) is 5.56 Å². The number of nitrogens with zero attached hydrogens (tertiary/aromatic N) is 1. The summed E-state index contributed by atoms with van der Waals surface area (Å²) in [5.41, 5.74) is 3.04. The minimum absolute atomic E-state index is 0. The Kier molecular flexibility index (Phi) is 11.1. The number of amides is 2. The predicted molar refractivity (Wildman–Crippen MR) is 132 cm³/mol. The van der Waals surface area contributed by atoms with Crippen LogP contribution in [0.3, 0.4) is 0 Å². The number of halogens is 1. The number of aliphatic imine (C=N–C) groups is 1. The third-order valence-corrected chi connectivity index (χ3v) is 4.05. The Morgan fingerprint density at radius 2 is 1.62 bits per heavy atom. The van der Waals surface area contributed by atoms with Gasteiger partial charge in [-0.3, -0.25) is 0 Å². The highest BCUT2D eigenvalue weighted by Crippen LogP contribution is 2.12. The first-order valence-electron chi connectivity index (χ1n) is 9.74. The van der Waals surface area contributed by atoms with Crippen molar-refractivity contribution in [2.75, 3.05) is 11.9 Å². The number of guanidine groups is 1. The Balaban J connectivity index is 0.00000420. The molecule has 0 saturated heterocycles. The van der Waals surface area contributed by atoms with Crippen molar-refractivity contribution in [2.24, 2.45) is 4.99 Å². The Morgan fingerprint density at radius 1 is 0.966 bits per heavy atom. The van der Waals surface area contributed by atoms with E-state index < -0.39 is 0 Å². The Labute approximate surface area is 191 Å². The van der Waals surface area contributed by atoms with E-state index in [9.17, 15) is 4.79 Å². The summed E-state index contributed by atoms with van der Waals surface area (Å²) in [6.07, 6.45) is 0. The molecule has 0 aliphatic rings. The summed E-state index contributed by atoms with van der Waals surface area (Å²) >= 11 is 0. The number of hydrogen-bond donors (Lipinski definition) is 4. The third-order valence-electron chi connectivity index (χ3n) is 4.05. The maximum Gasteiger partial charge on any atom is 0.319 e. The zero-order valence-electron chi connectivity index (χ0n) is 17.5.